The first-order chi connectivity index (χ1) is 9.69. The molecular weight excluding hydrogens is 256 g/mol. The highest BCUT2D eigenvalue weighted by Crippen LogP contribution is 2.08. The molecule has 0 saturated carbocycles. The normalized spacial score (nSPS) is 10.1. The fourth-order valence-corrected chi connectivity index (χ4v) is 1.49. The van der Waals surface area contributed by atoms with Gasteiger partial charge in [0, 0.05) is 0 Å². The second-order valence-corrected chi connectivity index (χ2v) is 4.47. The van der Waals surface area contributed by atoms with Crippen LogP contribution in [0.15, 0.2) is 18.2 Å². The van der Waals surface area contributed by atoms with Crippen LogP contribution in [-0.2, 0) is 9.47 Å². The largest absolute Gasteiger partial charge is 0.462 e. The van der Waals surface area contributed by atoms with Crippen LogP contribution in [0.4, 0.5) is 0 Å². The van der Waals surface area contributed by atoms with Crippen molar-refractivity contribution in [1.29, 1.82) is 0 Å². The summed E-state index contributed by atoms with van der Waals surface area (Å²) in [4.78, 5) is 23.5. The topological polar surface area (TPSA) is 52.6 Å². The molecule has 0 aliphatic rings. The average molecular weight is 277 g/mol. The van der Waals surface area contributed by atoms with Gasteiger partial charge in [-0.15, -0.1) is 0 Å². The molecule has 0 spiro atoms. The Hall–Kier alpha value is -1.84. The highest BCUT2D eigenvalue weighted by atomic mass is 16.5. The SMILES string of the molecule is CCCCOC(=O)c1[c]ccc(C(=O)OCCCC)c1. The van der Waals surface area contributed by atoms with Gasteiger partial charge in [-0.05, 0) is 31.0 Å². The lowest BCUT2D eigenvalue weighted by Gasteiger charge is -2.06. The van der Waals surface area contributed by atoms with Crippen molar-refractivity contribution >= 4 is 11.9 Å². The van der Waals surface area contributed by atoms with Crippen molar-refractivity contribution in [2.45, 2.75) is 39.5 Å². The Morgan fingerprint density at radius 2 is 1.65 bits per heavy atom. The van der Waals surface area contributed by atoms with E-state index in [4.69, 9.17) is 9.47 Å². The predicted molar refractivity (Wildman–Crippen MR) is 75.7 cm³/mol. The maximum Gasteiger partial charge on any atom is 0.338 e. The summed E-state index contributed by atoms with van der Waals surface area (Å²) in [5.74, 6) is -0.878. The Bertz CT molecular complexity index is 403. The maximum absolute atomic E-state index is 11.8. The van der Waals surface area contributed by atoms with E-state index in [0.29, 0.717) is 18.8 Å². The monoisotopic (exact) mass is 277 g/mol. The molecule has 20 heavy (non-hydrogen) atoms. The van der Waals surface area contributed by atoms with Crippen molar-refractivity contribution in [3.63, 3.8) is 0 Å². The van der Waals surface area contributed by atoms with Crippen LogP contribution in [-0.4, -0.2) is 25.2 Å². The third kappa shape index (κ3) is 5.43. The van der Waals surface area contributed by atoms with E-state index in [-0.39, 0.29) is 5.56 Å². The number of benzene rings is 1. The van der Waals surface area contributed by atoms with Crippen molar-refractivity contribution in [3.8, 4) is 0 Å². The quantitative estimate of drug-likeness (QED) is 0.540. The van der Waals surface area contributed by atoms with E-state index in [1.807, 2.05) is 13.8 Å². The first kappa shape index (κ1) is 16.2. The summed E-state index contributed by atoms with van der Waals surface area (Å²) in [7, 11) is 0. The summed E-state index contributed by atoms with van der Waals surface area (Å²) in [6.45, 7) is 4.82. The molecule has 1 rings (SSSR count). The van der Waals surface area contributed by atoms with Gasteiger partial charge in [-0.2, -0.15) is 0 Å². The Morgan fingerprint density at radius 1 is 1.05 bits per heavy atom. The minimum atomic E-state index is -0.457. The van der Waals surface area contributed by atoms with Crippen LogP contribution in [0.5, 0.6) is 0 Å². The van der Waals surface area contributed by atoms with Gasteiger partial charge >= 0.3 is 11.9 Å². The molecule has 1 aromatic rings. The lowest BCUT2D eigenvalue weighted by atomic mass is 10.1. The van der Waals surface area contributed by atoms with Gasteiger partial charge in [0.2, 0.25) is 0 Å². The molecule has 0 aromatic heterocycles. The zero-order valence-corrected chi connectivity index (χ0v) is 12.1. The van der Waals surface area contributed by atoms with Gasteiger partial charge in [-0.3, -0.25) is 0 Å². The van der Waals surface area contributed by atoms with E-state index in [2.05, 4.69) is 6.07 Å². The third-order valence-electron chi connectivity index (χ3n) is 2.72. The maximum atomic E-state index is 11.8. The van der Waals surface area contributed by atoms with Gasteiger partial charge in [-0.25, -0.2) is 9.59 Å². The highest BCUT2D eigenvalue weighted by molar-refractivity contribution is 5.95. The van der Waals surface area contributed by atoms with Gasteiger partial charge in [0.25, 0.3) is 0 Å². The van der Waals surface area contributed by atoms with Crippen LogP contribution >= 0.6 is 0 Å². The van der Waals surface area contributed by atoms with Gasteiger partial charge < -0.3 is 9.47 Å². The van der Waals surface area contributed by atoms with Crippen LogP contribution in [0.3, 0.4) is 0 Å². The van der Waals surface area contributed by atoms with Crippen molar-refractivity contribution in [2.24, 2.45) is 0 Å². The third-order valence-corrected chi connectivity index (χ3v) is 2.72. The Kier molecular flexibility index (Phi) is 7.40. The number of carbonyl (C=O) groups is 2. The Morgan fingerprint density at radius 3 is 2.25 bits per heavy atom. The van der Waals surface area contributed by atoms with Gasteiger partial charge in [0.05, 0.1) is 24.3 Å². The van der Waals surface area contributed by atoms with Crippen LogP contribution in [0.2, 0.25) is 0 Å². The lowest BCUT2D eigenvalue weighted by Crippen LogP contribution is -2.10. The van der Waals surface area contributed by atoms with Crippen LogP contribution < -0.4 is 0 Å². The number of ether oxygens (including phenoxy) is 2. The minimum absolute atomic E-state index is 0.256. The summed E-state index contributed by atoms with van der Waals surface area (Å²) in [5, 5.41) is 0. The molecule has 0 fully saturated rings. The molecule has 0 bridgehead atoms. The molecule has 1 radical (unpaired) electrons. The number of hydrogen-bond acceptors (Lipinski definition) is 4. The molecule has 0 unspecified atom stereocenters. The fourth-order valence-electron chi connectivity index (χ4n) is 1.49. The first-order valence-electron chi connectivity index (χ1n) is 7.05. The van der Waals surface area contributed by atoms with Crippen molar-refractivity contribution in [1.82, 2.24) is 0 Å². The summed E-state index contributed by atoms with van der Waals surface area (Å²) < 4.78 is 10.2. The van der Waals surface area contributed by atoms with E-state index in [1.165, 1.54) is 12.1 Å². The van der Waals surface area contributed by atoms with E-state index in [0.717, 1.165) is 25.7 Å². The summed E-state index contributed by atoms with van der Waals surface area (Å²) in [6, 6.07) is 7.35. The minimum Gasteiger partial charge on any atom is -0.462 e. The van der Waals surface area contributed by atoms with Crippen LogP contribution in [0.1, 0.15) is 60.2 Å². The number of hydrogen-bond donors (Lipinski definition) is 0. The number of carbonyl (C=O) groups excluding carboxylic acids is 2. The Labute approximate surface area is 120 Å². The molecule has 0 heterocycles. The summed E-state index contributed by atoms with van der Waals surface area (Å²) >= 11 is 0. The van der Waals surface area contributed by atoms with Crippen molar-refractivity contribution in [3.05, 3.63) is 35.4 Å². The molecule has 4 heteroatoms. The summed E-state index contributed by atoms with van der Waals surface area (Å²) in [6.07, 6.45) is 3.58. The van der Waals surface area contributed by atoms with E-state index < -0.39 is 11.9 Å². The van der Waals surface area contributed by atoms with Gasteiger partial charge in [0.1, 0.15) is 0 Å². The average Bonchev–Trinajstić information content (AvgIpc) is 2.47. The summed E-state index contributed by atoms with van der Waals surface area (Å²) in [5.41, 5.74) is 0.605. The van der Waals surface area contributed by atoms with Gasteiger partial charge in [0.15, 0.2) is 0 Å². The molecule has 0 aliphatic carbocycles. The second kappa shape index (κ2) is 9.13. The van der Waals surface area contributed by atoms with Crippen LogP contribution in [0.25, 0.3) is 0 Å². The van der Waals surface area contributed by atoms with Crippen molar-refractivity contribution < 1.29 is 19.1 Å². The molecule has 1 aromatic carbocycles. The number of esters is 2. The number of unbranched alkanes of at least 4 members (excludes halogenated alkanes) is 2. The van der Waals surface area contributed by atoms with Gasteiger partial charge in [-0.1, -0.05) is 32.8 Å². The highest BCUT2D eigenvalue weighted by Gasteiger charge is 2.12. The molecule has 0 N–H and O–H groups in total. The standard InChI is InChI=1S/C16H21O4/c1-3-5-10-19-15(17)13-8-7-9-14(12-13)16(18)20-11-6-4-2/h7-8,12H,3-6,10-11H2,1-2H3. The van der Waals surface area contributed by atoms with Crippen molar-refractivity contribution in [2.75, 3.05) is 13.2 Å². The Balaban J connectivity index is 2.60. The van der Waals surface area contributed by atoms with E-state index in [9.17, 15) is 9.59 Å². The number of rotatable bonds is 8. The molecule has 0 saturated heterocycles. The van der Waals surface area contributed by atoms with Crippen LogP contribution in [0, 0.1) is 6.07 Å². The smallest absolute Gasteiger partial charge is 0.338 e. The zero-order chi connectivity index (χ0) is 14.8. The molecule has 109 valence electrons. The molecule has 0 atom stereocenters. The molecule has 4 nitrogen and oxygen atoms in total. The van der Waals surface area contributed by atoms with E-state index in [1.54, 1.807) is 6.07 Å². The molecular formula is C16H21O4. The zero-order valence-electron chi connectivity index (χ0n) is 12.1. The molecule has 0 aliphatic heterocycles. The fraction of sp³-hybridized carbons (Fsp3) is 0.500. The lowest BCUT2D eigenvalue weighted by molar-refractivity contribution is 0.0498. The predicted octanol–water partition coefficient (Wildman–Crippen LogP) is 3.40. The second-order valence-electron chi connectivity index (χ2n) is 4.47. The van der Waals surface area contributed by atoms with E-state index >= 15 is 0 Å². The molecule has 0 amide bonds. The first-order valence-corrected chi connectivity index (χ1v) is 7.05.